The molecule has 1 aromatic heterocycles. The van der Waals surface area contributed by atoms with Crippen LogP contribution in [0.2, 0.25) is 0 Å². The highest BCUT2D eigenvalue weighted by atomic mass is 16.3. The van der Waals surface area contributed by atoms with Gasteiger partial charge in [0.15, 0.2) is 11.5 Å². The number of nitrogens with zero attached hydrogens (tertiary/aromatic N) is 1. The van der Waals surface area contributed by atoms with Crippen LogP contribution in [0.4, 0.5) is 11.4 Å². The second kappa shape index (κ2) is 6.00. The van der Waals surface area contributed by atoms with Crippen molar-refractivity contribution in [1.82, 2.24) is 4.98 Å². The van der Waals surface area contributed by atoms with E-state index in [1.807, 2.05) is 42.5 Å². The Morgan fingerprint density at radius 1 is 1.25 bits per heavy atom. The number of para-hydroxylation sites is 1. The summed E-state index contributed by atoms with van der Waals surface area (Å²) in [6.45, 7) is 0. The molecule has 1 aliphatic carbocycles. The van der Waals surface area contributed by atoms with Gasteiger partial charge in [0.2, 0.25) is 5.91 Å². The van der Waals surface area contributed by atoms with E-state index in [2.05, 4.69) is 10.3 Å². The molecule has 4 rings (SSSR count). The van der Waals surface area contributed by atoms with Crippen molar-refractivity contribution >= 4 is 28.4 Å². The zero-order valence-corrected chi connectivity index (χ0v) is 13.3. The van der Waals surface area contributed by atoms with E-state index in [-0.39, 0.29) is 5.91 Å². The number of carbonyl (C=O) groups excluding carboxylic acids is 1. The van der Waals surface area contributed by atoms with Crippen molar-refractivity contribution < 1.29 is 9.21 Å². The minimum atomic E-state index is -0.0384. The molecule has 3 aromatic rings. The molecule has 0 radical (unpaired) electrons. The first-order valence-electron chi connectivity index (χ1n) is 8.23. The molecular weight excluding hydrogens is 302 g/mol. The normalized spacial score (nSPS) is 14.0. The lowest BCUT2D eigenvalue weighted by molar-refractivity contribution is -0.116. The molecule has 0 aliphatic heterocycles. The first-order valence-corrected chi connectivity index (χ1v) is 8.23. The molecule has 0 bridgehead atoms. The van der Waals surface area contributed by atoms with E-state index in [0.717, 1.165) is 46.8 Å². The maximum Gasteiger partial charge on any atom is 0.224 e. The van der Waals surface area contributed by atoms with E-state index in [1.54, 1.807) is 0 Å². The van der Waals surface area contributed by atoms with E-state index in [0.29, 0.717) is 18.8 Å². The van der Waals surface area contributed by atoms with E-state index >= 15 is 0 Å². The van der Waals surface area contributed by atoms with Gasteiger partial charge in [-0.3, -0.25) is 4.79 Å². The lowest BCUT2D eigenvalue weighted by Crippen LogP contribution is -2.12. The van der Waals surface area contributed by atoms with Gasteiger partial charge in [0.05, 0.1) is 0 Å². The van der Waals surface area contributed by atoms with Gasteiger partial charge >= 0.3 is 0 Å². The number of benzene rings is 2. The van der Waals surface area contributed by atoms with E-state index in [4.69, 9.17) is 10.2 Å². The van der Waals surface area contributed by atoms with Crippen molar-refractivity contribution in [3.8, 4) is 0 Å². The van der Waals surface area contributed by atoms with Gasteiger partial charge in [-0.15, -0.1) is 0 Å². The van der Waals surface area contributed by atoms with Gasteiger partial charge in [0, 0.05) is 23.7 Å². The summed E-state index contributed by atoms with van der Waals surface area (Å²) in [7, 11) is 0. The van der Waals surface area contributed by atoms with Crippen molar-refractivity contribution in [3.63, 3.8) is 0 Å². The first-order chi connectivity index (χ1) is 11.7. The molecule has 122 valence electrons. The van der Waals surface area contributed by atoms with Crippen LogP contribution in [-0.4, -0.2) is 10.9 Å². The maximum atomic E-state index is 12.2. The van der Waals surface area contributed by atoms with Gasteiger partial charge in [0.1, 0.15) is 5.52 Å². The average molecular weight is 321 g/mol. The van der Waals surface area contributed by atoms with Crippen LogP contribution in [0, 0.1) is 0 Å². The number of oxazole rings is 1. The van der Waals surface area contributed by atoms with E-state index in [9.17, 15) is 4.79 Å². The van der Waals surface area contributed by atoms with E-state index < -0.39 is 0 Å². The van der Waals surface area contributed by atoms with Crippen molar-refractivity contribution in [2.75, 3.05) is 11.1 Å². The molecule has 1 amide bonds. The van der Waals surface area contributed by atoms with Gasteiger partial charge < -0.3 is 15.5 Å². The Kier molecular flexibility index (Phi) is 3.69. The number of rotatable bonds is 5. The third-order valence-electron chi connectivity index (χ3n) is 4.29. The van der Waals surface area contributed by atoms with Crippen LogP contribution in [-0.2, 0) is 11.2 Å². The second-order valence-electron chi connectivity index (χ2n) is 6.26. The quantitative estimate of drug-likeness (QED) is 0.699. The van der Waals surface area contributed by atoms with Gasteiger partial charge in [-0.2, -0.15) is 0 Å². The van der Waals surface area contributed by atoms with Crippen molar-refractivity contribution in [1.29, 1.82) is 0 Å². The van der Waals surface area contributed by atoms with Crippen LogP contribution in [0.1, 0.15) is 36.6 Å². The standard InChI is InChI=1S/C19H19N3O2/c20-15-4-2-1-3-12(15)7-10-18(23)21-14-8-9-17-16(11-14)22-19(24-17)13-5-6-13/h1-4,8-9,11,13H,5-7,10,20H2,(H,21,23). The average Bonchev–Trinajstić information content (AvgIpc) is 3.34. The molecular formula is C19H19N3O2. The summed E-state index contributed by atoms with van der Waals surface area (Å²) in [6, 6.07) is 13.2. The number of hydrogen-bond acceptors (Lipinski definition) is 4. The number of amides is 1. The minimum Gasteiger partial charge on any atom is -0.440 e. The molecule has 0 unspecified atom stereocenters. The van der Waals surface area contributed by atoms with Crippen molar-refractivity contribution in [2.45, 2.75) is 31.6 Å². The van der Waals surface area contributed by atoms with Crippen LogP contribution >= 0.6 is 0 Å². The lowest BCUT2D eigenvalue weighted by atomic mass is 10.1. The third kappa shape index (κ3) is 3.11. The Morgan fingerprint density at radius 3 is 2.88 bits per heavy atom. The number of anilines is 2. The number of aryl methyl sites for hydroxylation is 1. The number of fused-ring (bicyclic) bond motifs is 1. The SMILES string of the molecule is Nc1ccccc1CCC(=O)Nc1ccc2oc(C3CC3)nc2c1. The molecule has 2 aromatic carbocycles. The van der Waals surface area contributed by atoms with E-state index in [1.165, 1.54) is 0 Å². The van der Waals surface area contributed by atoms with Crippen LogP contribution in [0.25, 0.3) is 11.1 Å². The Bertz CT molecular complexity index is 897. The molecule has 1 aliphatic rings. The van der Waals surface area contributed by atoms with Crippen molar-refractivity contribution in [3.05, 3.63) is 53.9 Å². The van der Waals surface area contributed by atoms with Crippen LogP contribution in [0.5, 0.6) is 0 Å². The molecule has 24 heavy (non-hydrogen) atoms. The highest BCUT2D eigenvalue weighted by Gasteiger charge is 2.28. The summed E-state index contributed by atoms with van der Waals surface area (Å²) in [5, 5.41) is 2.92. The third-order valence-corrected chi connectivity index (χ3v) is 4.29. The molecule has 1 heterocycles. The smallest absolute Gasteiger partial charge is 0.224 e. The van der Waals surface area contributed by atoms with Crippen LogP contribution in [0.3, 0.4) is 0 Å². The highest BCUT2D eigenvalue weighted by Crippen LogP contribution is 2.40. The Hall–Kier alpha value is -2.82. The van der Waals surface area contributed by atoms with Gasteiger partial charge in [0.25, 0.3) is 0 Å². The molecule has 3 N–H and O–H groups in total. The Morgan fingerprint density at radius 2 is 2.08 bits per heavy atom. The summed E-state index contributed by atoms with van der Waals surface area (Å²) in [6.07, 6.45) is 3.31. The van der Waals surface area contributed by atoms with Gasteiger partial charge in [-0.25, -0.2) is 4.98 Å². The van der Waals surface area contributed by atoms with Gasteiger partial charge in [-0.05, 0) is 49.1 Å². The van der Waals surface area contributed by atoms with Crippen molar-refractivity contribution in [2.24, 2.45) is 0 Å². The summed E-state index contributed by atoms with van der Waals surface area (Å²) < 4.78 is 5.73. The molecule has 0 atom stereocenters. The second-order valence-corrected chi connectivity index (χ2v) is 6.26. The van der Waals surface area contributed by atoms with Gasteiger partial charge in [-0.1, -0.05) is 18.2 Å². The molecule has 0 spiro atoms. The number of aromatic nitrogens is 1. The highest BCUT2D eigenvalue weighted by molar-refractivity contribution is 5.93. The lowest BCUT2D eigenvalue weighted by Gasteiger charge is -2.06. The topological polar surface area (TPSA) is 81.2 Å². The Labute approximate surface area is 139 Å². The number of hydrogen-bond donors (Lipinski definition) is 2. The maximum absolute atomic E-state index is 12.2. The fourth-order valence-electron chi connectivity index (χ4n) is 2.76. The molecule has 5 nitrogen and oxygen atoms in total. The number of nitrogen functional groups attached to an aromatic ring is 1. The Balaban J connectivity index is 1.41. The fraction of sp³-hybridized carbons (Fsp3) is 0.263. The number of nitrogens with two attached hydrogens (primary N) is 1. The number of nitrogens with one attached hydrogen (secondary N) is 1. The summed E-state index contributed by atoms with van der Waals surface area (Å²) in [5.41, 5.74) is 9.92. The zero-order valence-electron chi connectivity index (χ0n) is 13.3. The molecule has 1 fully saturated rings. The number of carbonyl (C=O) groups is 1. The molecule has 5 heteroatoms. The first kappa shape index (κ1) is 14.8. The minimum absolute atomic E-state index is 0.0384. The summed E-state index contributed by atoms with van der Waals surface area (Å²) in [4.78, 5) is 16.7. The predicted octanol–water partition coefficient (Wildman–Crippen LogP) is 3.86. The monoisotopic (exact) mass is 321 g/mol. The molecule has 0 saturated heterocycles. The van der Waals surface area contributed by atoms with Crippen LogP contribution < -0.4 is 11.1 Å². The van der Waals surface area contributed by atoms with Crippen LogP contribution in [0.15, 0.2) is 46.9 Å². The largest absolute Gasteiger partial charge is 0.440 e. The molecule has 1 saturated carbocycles. The summed E-state index contributed by atoms with van der Waals surface area (Å²) in [5.74, 6) is 1.25. The fourth-order valence-corrected chi connectivity index (χ4v) is 2.76. The summed E-state index contributed by atoms with van der Waals surface area (Å²) >= 11 is 0. The predicted molar refractivity (Wildman–Crippen MR) is 93.8 cm³/mol. The zero-order chi connectivity index (χ0) is 16.5.